The first-order chi connectivity index (χ1) is 17.6. The van der Waals surface area contributed by atoms with Gasteiger partial charge in [0.2, 0.25) is 0 Å². The maximum atomic E-state index is 14.5. The van der Waals surface area contributed by atoms with E-state index in [9.17, 15) is 9.18 Å². The molecule has 2 aliphatic heterocycles. The van der Waals surface area contributed by atoms with Gasteiger partial charge in [0.25, 0.3) is 5.91 Å². The summed E-state index contributed by atoms with van der Waals surface area (Å²) in [6.07, 6.45) is 0.208. The van der Waals surface area contributed by atoms with Gasteiger partial charge < -0.3 is 9.47 Å². The Morgan fingerprint density at radius 3 is 2.58 bits per heavy atom. The molecule has 2 aliphatic rings. The molecule has 0 radical (unpaired) electrons. The minimum atomic E-state index is -0.654. The molecule has 0 saturated carbocycles. The highest BCUT2D eigenvalue weighted by molar-refractivity contribution is 5.80. The Morgan fingerprint density at radius 1 is 1.06 bits per heavy atom. The first kappa shape index (κ1) is 24.4. The normalized spacial score (nSPS) is 19.3. The Labute approximate surface area is 211 Å². The van der Waals surface area contributed by atoms with Gasteiger partial charge in [0.1, 0.15) is 11.6 Å². The smallest absolute Gasteiger partial charge is 0.275 e. The third kappa shape index (κ3) is 5.59. The van der Waals surface area contributed by atoms with E-state index in [1.54, 1.807) is 13.0 Å². The maximum absolute atomic E-state index is 14.5. The first-order valence-electron chi connectivity index (χ1n) is 12.5. The van der Waals surface area contributed by atoms with E-state index in [4.69, 9.17) is 9.47 Å². The molecule has 0 aromatic heterocycles. The molecular weight excluding hydrogens is 457 g/mol. The zero-order valence-corrected chi connectivity index (χ0v) is 20.5. The predicted octanol–water partition coefficient (Wildman–Crippen LogP) is 4.10. The lowest BCUT2D eigenvalue weighted by atomic mass is 9.87. The number of halogens is 1. The molecular formula is C29H32FN3O3. The molecule has 3 aromatic rings. The van der Waals surface area contributed by atoms with Crippen molar-refractivity contribution < 1.29 is 18.7 Å². The summed E-state index contributed by atoms with van der Waals surface area (Å²) >= 11 is 0. The van der Waals surface area contributed by atoms with Gasteiger partial charge in [-0.05, 0) is 48.2 Å². The first-order valence-corrected chi connectivity index (χ1v) is 12.5. The molecule has 0 spiro atoms. The number of morpholine rings is 1. The van der Waals surface area contributed by atoms with Gasteiger partial charge in [0.05, 0.1) is 19.3 Å². The largest absolute Gasteiger partial charge is 0.481 e. The molecule has 6 nitrogen and oxygen atoms in total. The van der Waals surface area contributed by atoms with Gasteiger partial charge in [-0.3, -0.25) is 15.1 Å². The van der Waals surface area contributed by atoms with E-state index in [1.807, 2.05) is 47.5 Å². The number of benzene rings is 3. The Balaban J connectivity index is 1.38. The molecule has 1 saturated heterocycles. The topological polar surface area (TPSA) is 54.0 Å². The highest BCUT2D eigenvalue weighted by Crippen LogP contribution is 2.38. The van der Waals surface area contributed by atoms with Crippen LogP contribution in [0, 0.1) is 5.82 Å². The Morgan fingerprint density at radius 2 is 1.81 bits per heavy atom. The van der Waals surface area contributed by atoms with Crippen LogP contribution >= 0.6 is 0 Å². The van der Waals surface area contributed by atoms with Crippen molar-refractivity contribution >= 4 is 5.91 Å². The summed E-state index contributed by atoms with van der Waals surface area (Å²) in [5.74, 6) is 0.273. The van der Waals surface area contributed by atoms with E-state index in [-0.39, 0.29) is 17.8 Å². The SMILES string of the molecule is C[C@@H](Oc1ccc2c(c1)[C@@H](c1ccccc1)N(Cc1ccccc1F)CC2)C(=O)NN1CCOCC1. The lowest BCUT2D eigenvalue weighted by molar-refractivity contribution is -0.134. The molecule has 3 aromatic carbocycles. The number of hydrogen-bond acceptors (Lipinski definition) is 5. The van der Waals surface area contributed by atoms with Crippen molar-refractivity contribution in [3.8, 4) is 5.75 Å². The van der Waals surface area contributed by atoms with E-state index < -0.39 is 6.10 Å². The van der Waals surface area contributed by atoms with Crippen molar-refractivity contribution in [3.05, 3.63) is 101 Å². The summed E-state index contributed by atoms with van der Waals surface area (Å²) in [6, 6.07) is 23.3. The third-order valence-corrected chi connectivity index (χ3v) is 6.85. The number of fused-ring (bicyclic) bond motifs is 1. The van der Waals surface area contributed by atoms with E-state index in [2.05, 4.69) is 28.5 Å². The van der Waals surface area contributed by atoms with Crippen LogP contribution in [-0.4, -0.2) is 54.8 Å². The quantitative estimate of drug-likeness (QED) is 0.542. The van der Waals surface area contributed by atoms with Crippen LogP contribution in [0.3, 0.4) is 0 Å². The number of nitrogens with one attached hydrogen (secondary N) is 1. The fourth-order valence-electron chi connectivity index (χ4n) is 4.94. The summed E-state index contributed by atoms with van der Waals surface area (Å²) in [6.45, 7) is 5.61. The minimum absolute atomic E-state index is 0.0458. The Bertz CT molecular complexity index is 1180. The standard InChI is InChI=1S/C29H32FN3O3/c1-21(29(34)31-33-15-17-35-18-16-33)36-25-12-11-22-13-14-32(20-24-9-5-6-10-27(24)30)28(26(22)19-25)23-7-3-2-4-8-23/h2-12,19,21,28H,13-18,20H2,1H3,(H,31,34)/t21-,28-/m1/s1. The number of hydrazine groups is 1. The number of hydrogen-bond donors (Lipinski definition) is 1. The fourth-order valence-corrected chi connectivity index (χ4v) is 4.94. The Kier molecular flexibility index (Phi) is 7.60. The van der Waals surface area contributed by atoms with E-state index >= 15 is 0 Å². The van der Waals surface area contributed by atoms with Gasteiger partial charge in [-0.2, -0.15) is 0 Å². The van der Waals surface area contributed by atoms with E-state index in [1.165, 1.54) is 11.6 Å². The molecule has 0 bridgehead atoms. The molecule has 1 fully saturated rings. The number of carbonyl (C=O) groups is 1. The molecule has 1 N–H and O–H groups in total. The van der Waals surface area contributed by atoms with Crippen LogP contribution < -0.4 is 10.2 Å². The van der Waals surface area contributed by atoms with Crippen molar-refractivity contribution in [1.29, 1.82) is 0 Å². The highest BCUT2D eigenvalue weighted by Gasteiger charge is 2.30. The number of nitrogens with zero attached hydrogens (tertiary/aromatic N) is 2. The van der Waals surface area contributed by atoms with Crippen LogP contribution in [0.5, 0.6) is 5.75 Å². The van der Waals surface area contributed by atoms with Gasteiger partial charge in [-0.1, -0.05) is 54.6 Å². The average molecular weight is 490 g/mol. The minimum Gasteiger partial charge on any atom is -0.481 e. The molecule has 0 aliphatic carbocycles. The van der Waals surface area contributed by atoms with Gasteiger partial charge in [-0.25, -0.2) is 9.40 Å². The van der Waals surface area contributed by atoms with E-state index in [0.717, 1.165) is 24.1 Å². The van der Waals surface area contributed by atoms with Crippen LogP contribution in [-0.2, 0) is 22.5 Å². The number of rotatable bonds is 7. The van der Waals surface area contributed by atoms with Crippen LogP contribution in [0.15, 0.2) is 72.8 Å². The molecule has 0 unspecified atom stereocenters. The second kappa shape index (κ2) is 11.2. The van der Waals surface area contributed by atoms with Crippen molar-refractivity contribution in [2.75, 3.05) is 32.8 Å². The molecule has 1 amide bonds. The molecule has 2 atom stereocenters. The van der Waals surface area contributed by atoms with E-state index in [0.29, 0.717) is 44.2 Å². The summed E-state index contributed by atoms with van der Waals surface area (Å²) in [7, 11) is 0. The van der Waals surface area contributed by atoms with Crippen LogP contribution in [0.1, 0.15) is 35.2 Å². The Hall–Kier alpha value is -3.26. The molecule has 5 rings (SSSR count). The van der Waals surface area contributed by atoms with Crippen molar-refractivity contribution in [2.45, 2.75) is 32.0 Å². The molecule has 2 heterocycles. The predicted molar refractivity (Wildman–Crippen MR) is 136 cm³/mol. The number of amides is 1. The van der Waals surface area contributed by atoms with Gasteiger partial charge >= 0.3 is 0 Å². The van der Waals surface area contributed by atoms with Crippen molar-refractivity contribution in [3.63, 3.8) is 0 Å². The second-order valence-corrected chi connectivity index (χ2v) is 9.32. The van der Waals surface area contributed by atoms with Gasteiger partial charge in [-0.15, -0.1) is 0 Å². The van der Waals surface area contributed by atoms with Crippen molar-refractivity contribution in [1.82, 2.24) is 15.3 Å². The maximum Gasteiger partial charge on any atom is 0.275 e. The third-order valence-electron chi connectivity index (χ3n) is 6.85. The summed E-state index contributed by atoms with van der Waals surface area (Å²) in [5, 5.41) is 1.87. The van der Waals surface area contributed by atoms with Crippen LogP contribution in [0.2, 0.25) is 0 Å². The zero-order chi connectivity index (χ0) is 24.9. The van der Waals surface area contributed by atoms with Crippen molar-refractivity contribution in [2.24, 2.45) is 0 Å². The highest BCUT2D eigenvalue weighted by atomic mass is 19.1. The van der Waals surface area contributed by atoms with Crippen LogP contribution in [0.4, 0.5) is 4.39 Å². The molecule has 188 valence electrons. The van der Waals surface area contributed by atoms with Crippen LogP contribution in [0.25, 0.3) is 0 Å². The number of ether oxygens (including phenoxy) is 2. The summed E-state index contributed by atoms with van der Waals surface area (Å²) in [4.78, 5) is 15.0. The van der Waals surface area contributed by atoms with Gasteiger partial charge in [0, 0.05) is 31.7 Å². The lowest BCUT2D eigenvalue weighted by Crippen LogP contribution is -2.51. The molecule has 36 heavy (non-hydrogen) atoms. The fraction of sp³-hybridized carbons (Fsp3) is 0.345. The zero-order valence-electron chi connectivity index (χ0n) is 20.5. The monoisotopic (exact) mass is 489 g/mol. The second-order valence-electron chi connectivity index (χ2n) is 9.32. The number of carbonyl (C=O) groups excluding carboxylic acids is 1. The lowest BCUT2D eigenvalue weighted by Gasteiger charge is -2.38. The average Bonchev–Trinajstić information content (AvgIpc) is 2.91. The summed E-state index contributed by atoms with van der Waals surface area (Å²) in [5.41, 5.74) is 7.12. The summed E-state index contributed by atoms with van der Waals surface area (Å²) < 4.78 is 26.0. The van der Waals surface area contributed by atoms with Gasteiger partial charge in [0.15, 0.2) is 6.10 Å². The molecule has 7 heteroatoms.